The van der Waals surface area contributed by atoms with Gasteiger partial charge in [0.2, 0.25) is 0 Å². The van der Waals surface area contributed by atoms with E-state index in [2.05, 4.69) is 26.0 Å². The maximum atomic E-state index is 13.0. The first-order valence-electron chi connectivity index (χ1n) is 9.25. The molecule has 14 heteroatoms. The van der Waals surface area contributed by atoms with Gasteiger partial charge in [-0.2, -0.15) is 17.5 Å². The summed E-state index contributed by atoms with van der Waals surface area (Å²) in [6.45, 7) is 5.57. The molecule has 180 valence electrons. The number of allylic oxidation sites excluding steroid dienone is 1. The summed E-state index contributed by atoms with van der Waals surface area (Å²) in [5.41, 5.74) is -1.55. The van der Waals surface area contributed by atoms with Crippen molar-refractivity contribution in [1.29, 1.82) is 0 Å². The number of aliphatic imine (C=N–C) groups is 1. The molecule has 0 aliphatic rings. The van der Waals surface area contributed by atoms with Crippen LogP contribution in [0.5, 0.6) is 0 Å². The van der Waals surface area contributed by atoms with Gasteiger partial charge in [0.25, 0.3) is 5.91 Å². The summed E-state index contributed by atoms with van der Waals surface area (Å²) in [4.78, 5) is 23.8. The van der Waals surface area contributed by atoms with Crippen LogP contribution in [0.15, 0.2) is 32.1 Å². The second-order valence-corrected chi connectivity index (χ2v) is 12.0. The third-order valence-electron chi connectivity index (χ3n) is 4.37. The lowest BCUT2D eigenvalue weighted by Crippen LogP contribution is -2.11. The molecule has 0 fully saturated rings. The average molecular weight is 506 g/mol. The fourth-order valence-electron chi connectivity index (χ4n) is 2.67. The third kappa shape index (κ3) is 5.93. The van der Waals surface area contributed by atoms with E-state index in [1.807, 2.05) is 0 Å². The Kier molecular flexibility index (Phi) is 7.33. The molecule has 0 aromatic carbocycles. The highest BCUT2D eigenvalue weighted by Crippen LogP contribution is 2.34. The molecule has 2 heterocycles. The Morgan fingerprint density at radius 1 is 1.27 bits per heavy atom. The molecule has 1 amide bonds. The number of carbonyl (C=O) groups is 1. The number of rotatable bonds is 6. The van der Waals surface area contributed by atoms with Gasteiger partial charge in [-0.25, -0.2) is 22.6 Å². The molecular weight excluding hydrogens is 483 g/mol. The minimum Gasteiger partial charge on any atom is -0.311 e. The molecule has 0 aliphatic carbocycles. The van der Waals surface area contributed by atoms with Crippen LogP contribution in [0.4, 0.5) is 19.0 Å². The standard InChI is InChI=1S/C19H22F3N5O4S2/c1-7-33(30,31)14-9-12(18(28)26-32(5,6)29)10-24-15(14)17-25-13(16(23-3)27(17)4)8-11(2)19(20,21)22/h8-10H,3,7H2,1-2,4-6H3/b11-8+. The predicted octanol–water partition coefficient (Wildman–Crippen LogP) is 3.44. The Bertz CT molecular complexity index is 1370. The zero-order valence-corrected chi connectivity index (χ0v) is 20.1. The fourth-order valence-corrected chi connectivity index (χ4v) is 4.23. The van der Waals surface area contributed by atoms with Crippen molar-refractivity contribution in [2.75, 3.05) is 18.3 Å². The van der Waals surface area contributed by atoms with Gasteiger partial charge in [0.15, 0.2) is 21.5 Å². The molecule has 0 N–H and O–H groups in total. The third-order valence-corrected chi connectivity index (χ3v) is 6.72. The first-order chi connectivity index (χ1) is 15.0. The van der Waals surface area contributed by atoms with Crippen LogP contribution in [0.2, 0.25) is 0 Å². The summed E-state index contributed by atoms with van der Waals surface area (Å²) >= 11 is 0. The topological polar surface area (TPSA) is 124 Å². The van der Waals surface area contributed by atoms with Crippen molar-refractivity contribution in [3.8, 4) is 11.5 Å². The Hall–Kier alpha value is -2.87. The largest absolute Gasteiger partial charge is 0.412 e. The molecule has 33 heavy (non-hydrogen) atoms. The quantitative estimate of drug-likeness (QED) is 0.554. The van der Waals surface area contributed by atoms with Crippen LogP contribution in [0.3, 0.4) is 0 Å². The van der Waals surface area contributed by atoms with Crippen molar-refractivity contribution in [3.63, 3.8) is 0 Å². The lowest BCUT2D eigenvalue weighted by Gasteiger charge is -2.10. The molecule has 0 spiro atoms. The summed E-state index contributed by atoms with van der Waals surface area (Å²) in [5.74, 6) is -1.42. The van der Waals surface area contributed by atoms with Gasteiger partial charge in [-0.1, -0.05) is 6.92 Å². The van der Waals surface area contributed by atoms with E-state index in [-0.39, 0.29) is 39.2 Å². The molecule has 0 radical (unpaired) electrons. The molecule has 2 aromatic rings. The minimum absolute atomic E-state index is 0.0397. The Balaban J connectivity index is 2.84. The normalized spacial score (nSPS) is 13.2. The first kappa shape index (κ1) is 26.4. The van der Waals surface area contributed by atoms with Gasteiger partial charge < -0.3 is 4.57 Å². The number of sulfone groups is 1. The smallest absolute Gasteiger partial charge is 0.311 e. The van der Waals surface area contributed by atoms with Crippen molar-refractivity contribution < 1.29 is 30.6 Å². The summed E-state index contributed by atoms with van der Waals surface area (Å²) in [7, 11) is -5.37. The molecular formula is C19H22F3N5O4S2. The van der Waals surface area contributed by atoms with E-state index < -0.39 is 37.2 Å². The van der Waals surface area contributed by atoms with Gasteiger partial charge in [-0.05, 0) is 25.8 Å². The molecule has 0 bridgehead atoms. The number of imidazole rings is 1. The zero-order chi connectivity index (χ0) is 25.4. The first-order valence-corrected chi connectivity index (χ1v) is 13.2. The Labute approximate surface area is 189 Å². The van der Waals surface area contributed by atoms with E-state index in [1.165, 1.54) is 31.1 Å². The number of amides is 1. The molecule has 0 saturated carbocycles. The second-order valence-electron chi connectivity index (χ2n) is 7.24. The summed E-state index contributed by atoms with van der Waals surface area (Å²) in [6, 6.07) is 1.03. The van der Waals surface area contributed by atoms with Gasteiger partial charge in [0, 0.05) is 41.1 Å². The Morgan fingerprint density at radius 2 is 1.88 bits per heavy atom. The second kappa shape index (κ2) is 9.17. The highest BCUT2D eigenvalue weighted by atomic mass is 32.2. The Morgan fingerprint density at radius 3 is 2.36 bits per heavy atom. The molecule has 0 saturated heterocycles. The number of carbonyl (C=O) groups excluding carboxylic acids is 1. The number of hydrogen-bond acceptors (Lipinski definition) is 7. The lowest BCUT2D eigenvalue weighted by molar-refractivity contribution is -0.0903. The van der Waals surface area contributed by atoms with E-state index in [9.17, 15) is 30.6 Å². The van der Waals surface area contributed by atoms with Crippen LogP contribution in [0.1, 0.15) is 29.9 Å². The van der Waals surface area contributed by atoms with Crippen LogP contribution in [-0.4, -0.2) is 64.2 Å². The van der Waals surface area contributed by atoms with Gasteiger partial charge in [-0.3, -0.25) is 9.78 Å². The van der Waals surface area contributed by atoms with Crippen LogP contribution >= 0.6 is 0 Å². The minimum atomic E-state index is -4.60. The lowest BCUT2D eigenvalue weighted by atomic mass is 10.2. The fraction of sp³-hybridized carbons (Fsp3) is 0.368. The molecule has 9 nitrogen and oxygen atoms in total. The monoisotopic (exact) mass is 505 g/mol. The van der Waals surface area contributed by atoms with Crippen molar-refractivity contribution in [2.24, 2.45) is 16.4 Å². The average Bonchev–Trinajstić information content (AvgIpc) is 3.00. The molecule has 0 aliphatic heterocycles. The van der Waals surface area contributed by atoms with E-state index in [0.29, 0.717) is 0 Å². The predicted molar refractivity (Wildman–Crippen MR) is 120 cm³/mol. The number of pyridine rings is 1. The molecule has 2 rings (SSSR count). The van der Waals surface area contributed by atoms with Crippen LogP contribution < -0.4 is 0 Å². The van der Waals surface area contributed by atoms with Crippen LogP contribution in [-0.2, 0) is 26.6 Å². The number of nitrogens with zero attached hydrogens (tertiary/aromatic N) is 5. The van der Waals surface area contributed by atoms with Crippen molar-refractivity contribution in [3.05, 3.63) is 29.1 Å². The number of alkyl halides is 3. The van der Waals surface area contributed by atoms with Gasteiger partial charge in [-0.15, -0.1) is 0 Å². The van der Waals surface area contributed by atoms with Crippen LogP contribution in [0, 0.1) is 0 Å². The van der Waals surface area contributed by atoms with Crippen molar-refractivity contribution in [1.82, 2.24) is 14.5 Å². The number of aromatic nitrogens is 3. The number of halogens is 3. The SMILES string of the molecule is C=Nc1c(/C=C(\C)C(F)(F)F)nc(-c2ncc(C(=O)N=S(C)(C)=O)cc2S(=O)(=O)CC)n1C. The van der Waals surface area contributed by atoms with Crippen molar-refractivity contribution >= 4 is 44.1 Å². The van der Waals surface area contributed by atoms with Crippen molar-refractivity contribution in [2.45, 2.75) is 24.9 Å². The molecule has 2 aromatic heterocycles. The maximum absolute atomic E-state index is 13.0. The summed E-state index contributed by atoms with van der Waals surface area (Å²) in [6.07, 6.45) is -0.323. The molecule has 0 atom stereocenters. The van der Waals surface area contributed by atoms with E-state index in [0.717, 1.165) is 25.3 Å². The number of hydrogen-bond donors (Lipinski definition) is 0. The van der Waals surface area contributed by atoms with Gasteiger partial charge >= 0.3 is 6.18 Å². The summed E-state index contributed by atoms with van der Waals surface area (Å²) < 4.78 is 81.1. The molecule has 0 unspecified atom stereocenters. The van der Waals surface area contributed by atoms with E-state index >= 15 is 0 Å². The van der Waals surface area contributed by atoms with E-state index in [4.69, 9.17) is 0 Å². The highest BCUT2D eigenvalue weighted by Gasteiger charge is 2.31. The van der Waals surface area contributed by atoms with Gasteiger partial charge in [0.1, 0.15) is 11.4 Å². The highest BCUT2D eigenvalue weighted by molar-refractivity contribution is 7.92. The zero-order valence-electron chi connectivity index (χ0n) is 18.5. The van der Waals surface area contributed by atoms with Gasteiger partial charge in [0.05, 0.1) is 16.2 Å². The van der Waals surface area contributed by atoms with Crippen LogP contribution in [0.25, 0.3) is 17.6 Å². The summed E-state index contributed by atoms with van der Waals surface area (Å²) in [5, 5.41) is 0. The maximum Gasteiger partial charge on any atom is 0.412 e. The van der Waals surface area contributed by atoms with E-state index in [1.54, 1.807) is 0 Å².